The van der Waals surface area contributed by atoms with Crippen LogP contribution >= 0.6 is 0 Å². The van der Waals surface area contributed by atoms with Crippen LogP contribution in [0, 0.1) is 6.92 Å². The Bertz CT molecular complexity index is 2590. The second-order valence-electron chi connectivity index (χ2n) is 12.7. The first-order valence-electron chi connectivity index (χ1n) is 18.1. The van der Waals surface area contributed by atoms with E-state index in [2.05, 4.69) is 179 Å². The maximum atomic E-state index is 6.50. The lowest BCUT2D eigenvalue weighted by Gasteiger charge is -2.15. The van der Waals surface area contributed by atoms with Gasteiger partial charge in [-0.2, -0.15) is 0 Å². The molecule has 54 heavy (non-hydrogen) atoms. The maximum absolute atomic E-state index is 6.50. The number of benzene rings is 6. The smallest absolute Gasteiger partial charge is 0.0812 e. The van der Waals surface area contributed by atoms with E-state index >= 15 is 0 Å². The number of aryl methyl sites for hydroxylation is 1. The lowest BCUT2D eigenvalue weighted by molar-refractivity contribution is 0.585. The minimum Gasteiger partial charge on any atom is -0.333 e. The van der Waals surface area contributed by atoms with Gasteiger partial charge in [-0.25, -0.2) is 0 Å². The quantitative estimate of drug-likeness (QED) is 0.0878. The molecule has 0 saturated heterocycles. The summed E-state index contributed by atoms with van der Waals surface area (Å²) >= 11 is 0. The Morgan fingerprint density at radius 2 is 1.11 bits per heavy atom. The highest BCUT2D eigenvalue weighted by Gasteiger charge is 2.18. The molecule has 6 aromatic carbocycles. The van der Waals surface area contributed by atoms with Crippen molar-refractivity contribution in [2.24, 2.45) is 11.5 Å². The molecule has 0 radical (unpaired) electrons. The summed E-state index contributed by atoms with van der Waals surface area (Å²) in [5.74, 6) is 0. The molecule has 2 aromatic heterocycles. The van der Waals surface area contributed by atoms with Crippen LogP contribution < -0.4 is 16.8 Å². The van der Waals surface area contributed by atoms with E-state index in [0.29, 0.717) is 6.54 Å². The van der Waals surface area contributed by atoms with E-state index in [1.807, 2.05) is 30.4 Å². The fraction of sp³-hybridized carbons (Fsp3) is 0.0816. The molecule has 5 heteroatoms. The van der Waals surface area contributed by atoms with Gasteiger partial charge in [0.25, 0.3) is 0 Å². The second-order valence-corrected chi connectivity index (χ2v) is 12.7. The van der Waals surface area contributed by atoms with Gasteiger partial charge in [0.2, 0.25) is 0 Å². The molecule has 5 N–H and O–H groups in total. The lowest BCUT2D eigenvalue weighted by atomic mass is 10.1. The van der Waals surface area contributed by atoms with Gasteiger partial charge in [0.15, 0.2) is 0 Å². The van der Waals surface area contributed by atoms with Gasteiger partial charge in [-0.1, -0.05) is 134 Å². The van der Waals surface area contributed by atoms with Gasteiger partial charge in [0.05, 0.1) is 28.2 Å². The number of aromatic nitrogens is 2. The summed E-state index contributed by atoms with van der Waals surface area (Å²) in [5.41, 5.74) is 24.7. The topological polar surface area (TPSA) is 73.9 Å². The molecule has 1 atom stereocenters. The molecule has 0 amide bonds. The van der Waals surface area contributed by atoms with Gasteiger partial charge in [0.1, 0.15) is 0 Å². The monoisotopic (exact) mass is 705 g/mol. The molecule has 0 spiro atoms. The predicted molar refractivity (Wildman–Crippen MR) is 232 cm³/mol. The van der Waals surface area contributed by atoms with Crippen molar-refractivity contribution in [3.63, 3.8) is 0 Å². The summed E-state index contributed by atoms with van der Waals surface area (Å²) in [6, 6.07) is 51.6. The first-order valence-corrected chi connectivity index (χ1v) is 18.1. The lowest BCUT2D eigenvalue weighted by Crippen LogP contribution is -2.29. The molecule has 2 heterocycles. The third-order valence-electron chi connectivity index (χ3n) is 9.27. The van der Waals surface area contributed by atoms with E-state index in [4.69, 9.17) is 5.73 Å². The number of hydrogen-bond donors (Lipinski definition) is 3. The zero-order valence-corrected chi connectivity index (χ0v) is 31.0. The number of nitrogens with one attached hydrogen (secondary N) is 1. The Labute approximate surface area is 318 Å². The number of para-hydroxylation sites is 3. The first kappa shape index (κ1) is 37.3. The molecule has 0 bridgehead atoms. The van der Waals surface area contributed by atoms with Crippen molar-refractivity contribution in [2.75, 3.05) is 13.6 Å². The van der Waals surface area contributed by atoms with Crippen LogP contribution in [-0.4, -0.2) is 22.7 Å². The molecular formula is C49H47N5. The minimum atomic E-state index is -0.258. The highest BCUT2D eigenvalue weighted by molar-refractivity contribution is 6.19. The van der Waals surface area contributed by atoms with Gasteiger partial charge in [-0.05, 0) is 80.2 Å². The minimum absolute atomic E-state index is 0.258. The number of hydrogen-bond acceptors (Lipinski definition) is 3. The summed E-state index contributed by atoms with van der Waals surface area (Å²) in [7, 11) is 1.50. The number of nitrogens with two attached hydrogens (primary N) is 2. The standard InChI is InChI=1S/C37H28N4.C7H8.C4H6.CH5N/c38-37(39-24-25-10-4-5-11-25)26-18-20-28(21-19-26)41-34-17-9-7-15-30(34)32-22-31-29-14-6-8-16-33(29)40(35(31)23-36(32)41)27-12-2-1-3-13-27;1-7-5-3-2-4-6-7;1-3-4-2;1-2/h1-10,12-23,37,39H,24,38H2;2-6H,1H3;3-4H,1-2H2;2H2,1H3. The number of allylic oxidation sites excluding steroid dienone is 3. The fourth-order valence-electron chi connectivity index (χ4n) is 6.74. The molecule has 0 saturated carbocycles. The average molecular weight is 706 g/mol. The summed E-state index contributed by atoms with van der Waals surface area (Å²) in [6.45, 7) is 9.49. The molecule has 9 rings (SSSR count). The van der Waals surface area contributed by atoms with E-state index in [-0.39, 0.29) is 6.17 Å². The van der Waals surface area contributed by atoms with E-state index in [1.54, 1.807) is 12.2 Å². The summed E-state index contributed by atoms with van der Waals surface area (Å²) in [6.07, 6.45) is 9.00. The van der Waals surface area contributed by atoms with E-state index in [0.717, 1.165) is 22.5 Å². The van der Waals surface area contributed by atoms with E-state index in [9.17, 15) is 0 Å². The molecule has 1 aliphatic rings. The molecule has 0 aliphatic heterocycles. The highest BCUT2D eigenvalue weighted by Crippen LogP contribution is 2.39. The molecule has 0 fully saturated rings. The molecule has 268 valence electrons. The van der Waals surface area contributed by atoms with Crippen molar-refractivity contribution in [2.45, 2.75) is 13.1 Å². The van der Waals surface area contributed by atoms with Crippen molar-refractivity contribution in [1.29, 1.82) is 0 Å². The van der Waals surface area contributed by atoms with Gasteiger partial charge >= 0.3 is 0 Å². The number of rotatable bonds is 7. The van der Waals surface area contributed by atoms with Gasteiger partial charge in [-0.15, -0.1) is 5.73 Å². The third kappa shape index (κ3) is 7.96. The number of fused-ring (bicyclic) bond motifs is 6. The normalized spacial score (nSPS) is 12.0. The van der Waals surface area contributed by atoms with Crippen LogP contribution in [0.15, 0.2) is 200 Å². The predicted octanol–water partition coefficient (Wildman–Crippen LogP) is 11.0. The van der Waals surface area contributed by atoms with Gasteiger partial charge in [-0.3, -0.25) is 5.32 Å². The van der Waals surface area contributed by atoms with Crippen molar-refractivity contribution < 1.29 is 0 Å². The molecule has 1 aliphatic carbocycles. The molecular weight excluding hydrogens is 659 g/mol. The Balaban J connectivity index is 0.000000330. The highest BCUT2D eigenvalue weighted by atomic mass is 15.0. The van der Waals surface area contributed by atoms with Crippen LogP contribution in [0.1, 0.15) is 17.3 Å². The van der Waals surface area contributed by atoms with Gasteiger partial charge in [0, 0.05) is 45.0 Å². The molecule has 8 aromatic rings. The maximum Gasteiger partial charge on any atom is 0.0812 e. The van der Waals surface area contributed by atoms with E-state index < -0.39 is 0 Å². The van der Waals surface area contributed by atoms with Crippen LogP contribution in [0.25, 0.3) is 55.0 Å². The zero-order chi connectivity index (χ0) is 37.9. The van der Waals surface area contributed by atoms with Gasteiger partial charge < -0.3 is 20.6 Å². The first-order chi connectivity index (χ1) is 26.6. The van der Waals surface area contributed by atoms with Crippen LogP contribution in [0.4, 0.5) is 0 Å². The zero-order valence-electron chi connectivity index (χ0n) is 31.0. The van der Waals surface area contributed by atoms with Crippen molar-refractivity contribution in [3.8, 4) is 11.4 Å². The van der Waals surface area contributed by atoms with Crippen LogP contribution in [0.3, 0.4) is 0 Å². The van der Waals surface area contributed by atoms with E-state index in [1.165, 1.54) is 56.2 Å². The Morgan fingerprint density at radius 1 is 0.611 bits per heavy atom. The van der Waals surface area contributed by atoms with Crippen LogP contribution in [-0.2, 0) is 0 Å². The van der Waals surface area contributed by atoms with Crippen molar-refractivity contribution in [3.05, 3.63) is 212 Å². The second kappa shape index (κ2) is 17.8. The Morgan fingerprint density at radius 3 is 1.59 bits per heavy atom. The molecule has 1 unspecified atom stereocenters. The molecule has 5 nitrogen and oxygen atoms in total. The fourth-order valence-corrected chi connectivity index (χ4v) is 6.74. The Kier molecular flexibility index (Phi) is 12.3. The largest absolute Gasteiger partial charge is 0.333 e. The van der Waals surface area contributed by atoms with Crippen LogP contribution in [0.2, 0.25) is 0 Å². The Hall–Kier alpha value is -6.46. The SMILES string of the molecule is C=CC=C.CN.Cc1ccccc1.NC(NCC1=C=CC=C1)c1ccc(-n2c3ccccc3c3cc4c5ccccc5n(-c5ccccc5)c4cc32)cc1. The summed E-state index contributed by atoms with van der Waals surface area (Å²) < 4.78 is 4.75. The van der Waals surface area contributed by atoms with Crippen LogP contribution in [0.5, 0.6) is 0 Å². The summed E-state index contributed by atoms with van der Waals surface area (Å²) in [5, 5.41) is 8.42. The number of nitrogens with zero attached hydrogens (tertiary/aromatic N) is 2. The van der Waals surface area contributed by atoms with Crippen molar-refractivity contribution >= 4 is 43.6 Å². The average Bonchev–Trinajstić information content (AvgIpc) is 3.96. The third-order valence-corrected chi connectivity index (χ3v) is 9.27. The summed E-state index contributed by atoms with van der Waals surface area (Å²) in [4.78, 5) is 0. The van der Waals surface area contributed by atoms with Crippen molar-refractivity contribution in [1.82, 2.24) is 14.5 Å².